The summed E-state index contributed by atoms with van der Waals surface area (Å²) in [6.07, 6.45) is 6.38. The highest BCUT2D eigenvalue weighted by atomic mass is 79.9. The van der Waals surface area contributed by atoms with Gasteiger partial charge in [-0.15, -0.1) is 0 Å². The molecule has 2 rings (SSSR count). The van der Waals surface area contributed by atoms with Crippen LogP contribution in [0.25, 0.3) is 0 Å². The lowest BCUT2D eigenvalue weighted by molar-refractivity contribution is 0.301. The van der Waals surface area contributed by atoms with Gasteiger partial charge in [0.05, 0.1) is 12.2 Å². The van der Waals surface area contributed by atoms with Gasteiger partial charge in [0, 0.05) is 6.04 Å². The summed E-state index contributed by atoms with van der Waals surface area (Å²) in [5, 5.41) is 4.29. The molecule has 1 aromatic heterocycles. The van der Waals surface area contributed by atoms with Gasteiger partial charge in [-0.3, -0.25) is 4.68 Å². The average Bonchev–Trinajstić information content (AvgIpc) is 2.53. The molecule has 2 N–H and O–H groups in total. The van der Waals surface area contributed by atoms with Gasteiger partial charge in [0.15, 0.2) is 0 Å². The third kappa shape index (κ3) is 1.94. The van der Waals surface area contributed by atoms with E-state index in [0.29, 0.717) is 12.1 Å². The second-order valence-electron chi connectivity index (χ2n) is 3.67. The minimum absolute atomic E-state index is 0.408. The van der Waals surface area contributed by atoms with Crippen LogP contribution in [0.5, 0.6) is 0 Å². The van der Waals surface area contributed by atoms with Crippen LogP contribution >= 0.6 is 15.9 Å². The Labute approximate surface area is 86.4 Å². The molecule has 0 bridgehead atoms. The first-order valence-electron chi connectivity index (χ1n) is 4.72. The number of nitrogens with two attached hydrogens (primary N) is 1. The van der Waals surface area contributed by atoms with E-state index in [1.54, 1.807) is 0 Å². The van der Waals surface area contributed by atoms with Gasteiger partial charge in [-0.05, 0) is 47.7 Å². The summed E-state index contributed by atoms with van der Waals surface area (Å²) in [6.45, 7) is 0. The van der Waals surface area contributed by atoms with Crippen molar-refractivity contribution in [3.63, 3.8) is 0 Å². The van der Waals surface area contributed by atoms with Crippen molar-refractivity contribution in [2.75, 3.05) is 0 Å². The lowest BCUT2D eigenvalue weighted by atomic mass is 9.92. The van der Waals surface area contributed by atoms with Crippen LogP contribution in [-0.4, -0.2) is 15.8 Å². The van der Waals surface area contributed by atoms with Crippen molar-refractivity contribution in [1.29, 1.82) is 0 Å². The molecule has 72 valence electrons. The number of hydrogen-bond acceptors (Lipinski definition) is 2. The Morgan fingerprint density at radius 1 is 1.38 bits per heavy atom. The second-order valence-corrected chi connectivity index (χ2v) is 4.48. The Kier molecular flexibility index (Phi) is 2.69. The fourth-order valence-electron chi connectivity index (χ4n) is 1.91. The first kappa shape index (κ1) is 9.21. The van der Waals surface area contributed by atoms with Gasteiger partial charge in [-0.1, -0.05) is 0 Å². The smallest absolute Gasteiger partial charge is 0.104 e. The van der Waals surface area contributed by atoms with Gasteiger partial charge in [-0.25, -0.2) is 0 Å². The van der Waals surface area contributed by atoms with Crippen LogP contribution in [0.3, 0.4) is 0 Å². The van der Waals surface area contributed by atoms with E-state index in [1.807, 2.05) is 12.3 Å². The molecule has 4 heteroatoms. The lowest BCUT2D eigenvalue weighted by Crippen LogP contribution is -2.28. The third-order valence-electron chi connectivity index (χ3n) is 2.71. The molecule has 0 aliphatic heterocycles. The number of aromatic nitrogens is 2. The first-order valence-corrected chi connectivity index (χ1v) is 5.51. The second kappa shape index (κ2) is 3.80. The lowest BCUT2D eigenvalue weighted by Gasteiger charge is -2.26. The molecule has 1 aliphatic carbocycles. The van der Waals surface area contributed by atoms with Crippen LogP contribution in [0.1, 0.15) is 31.7 Å². The standard InChI is InChI=1S/C9H14BrN3/c10-9-5-6-12-13(9)8-3-1-7(11)2-4-8/h5-8H,1-4,11H2. The molecule has 3 nitrogen and oxygen atoms in total. The summed E-state index contributed by atoms with van der Waals surface area (Å²) >= 11 is 3.49. The van der Waals surface area contributed by atoms with Crippen molar-refractivity contribution in [3.05, 3.63) is 16.9 Å². The molecule has 0 spiro atoms. The van der Waals surface area contributed by atoms with Crippen LogP contribution in [-0.2, 0) is 0 Å². The van der Waals surface area contributed by atoms with Gasteiger partial charge < -0.3 is 5.73 Å². The molecule has 0 saturated heterocycles. The van der Waals surface area contributed by atoms with Crippen LogP contribution in [0.4, 0.5) is 0 Å². The summed E-state index contributed by atoms with van der Waals surface area (Å²) in [5.41, 5.74) is 5.85. The highest BCUT2D eigenvalue weighted by Crippen LogP contribution is 2.29. The third-order valence-corrected chi connectivity index (χ3v) is 3.34. The van der Waals surface area contributed by atoms with E-state index in [4.69, 9.17) is 5.73 Å². The summed E-state index contributed by atoms with van der Waals surface area (Å²) in [4.78, 5) is 0. The minimum atomic E-state index is 0.408. The fourth-order valence-corrected chi connectivity index (χ4v) is 2.41. The van der Waals surface area contributed by atoms with Crippen molar-refractivity contribution in [3.8, 4) is 0 Å². The molecule has 0 atom stereocenters. The van der Waals surface area contributed by atoms with Gasteiger partial charge >= 0.3 is 0 Å². The molecular formula is C9H14BrN3. The molecule has 0 radical (unpaired) electrons. The largest absolute Gasteiger partial charge is 0.328 e. The molecule has 0 amide bonds. The quantitative estimate of drug-likeness (QED) is 0.821. The first-order chi connectivity index (χ1) is 6.27. The molecule has 1 saturated carbocycles. The fraction of sp³-hybridized carbons (Fsp3) is 0.667. The average molecular weight is 244 g/mol. The predicted octanol–water partition coefficient (Wildman–Crippen LogP) is 2.09. The summed E-state index contributed by atoms with van der Waals surface area (Å²) < 4.78 is 3.14. The van der Waals surface area contributed by atoms with Gasteiger partial charge in [0.1, 0.15) is 4.60 Å². The Morgan fingerprint density at radius 2 is 2.08 bits per heavy atom. The molecule has 1 fully saturated rings. The Hall–Kier alpha value is -0.350. The normalized spacial score (nSPS) is 29.1. The number of rotatable bonds is 1. The maximum Gasteiger partial charge on any atom is 0.104 e. The van der Waals surface area contributed by atoms with Crippen LogP contribution in [0, 0.1) is 0 Å². The zero-order valence-electron chi connectivity index (χ0n) is 7.49. The van der Waals surface area contributed by atoms with E-state index in [2.05, 4.69) is 25.7 Å². The molecule has 1 heterocycles. The molecule has 1 aromatic rings. The Morgan fingerprint density at radius 3 is 2.62 bits per heavy atom. The van der Waals surface area contributed by atoms with E-state index in [1.165, 1.54) is 0 Å². The van der Waals surface area contributed by atoms with E-state index in [9.17, 15) is 0 Å². The molecule has 13 heavy (non-hydrogen) atoms. The van der Waals surface area contributed by atoms with Crippen molar-refractivity contribution in [2.45, 2.75) is 37.8 Å². The molecule has 0 unspecified atom stereocenters. The SMILES string of the molecule is NC1CCC(n2nccc2Br)CC1. The molecule has 1 aliphatic rings. The van der Waals surface area contributed by atoms with Crippen molar-refractivity contribution in [2.24, 2.45) is 5.73 Å². The predicted molar refractivity (Wildman–Crippen MR) is 55.4 cm³/mol. The molecular weight excluding hydrogens is 230 g/mol. The summed E-state index contributed by atoms with van der Waals surface area (Å²) in [6, 6.07) is 2.93. The van der Waals surface area contributed by atoms with Crippen molar-refractivity contribution >= 4 is 15.9 Å². The highest BCUT2D eigenvalue weighted by molar-refractivity contribution is 9.10. The van der Waals surface area contributed by atoms with E-state index < -0.39 is 0 Å². The maximum absolute atomic E-state index is 5.85. The maximum atomic E-state index is 5.85. The van der Waals surface area contributed by atoms with Crippen LogP contribution in [0.15, 0.2) is 16.9 Å². The van der Waals surface area contributed by atoms with E-state index in [-0.39, 0.29) is 0 Å². The van der Waals surface area contributed by atoms with Crippen molar-refractivity contribution < 1.29 is 0 Å². The highest BCUT2D eigenvalue weighted by Gasteiger charge is 2.21. The number of nitrogens with zero attached hydrogens (tertiary/aromatic N) is 2. The van der Waals surface area contributed by atoms with Crippen LogP contribution in [0.2, 0.25) is 0 Å². The van der Waals surface area contributed by atoms with Crippen molar-refractivity contribution in [1.82, 2.24) is 9.78 Å². The number of halogens is 1. The summed E-state index contributed by atoms with van der Waals surface area (Å²) in [7, 11) is 0. The van der Waals surface area contributed by atoms with Crippen LogP contribution < -0.4 is 5.73 Å². The Balaban J connectivity index is 2.06. The van der Waals surface area contributed by atoms with E-state index in [0.717, 1.165) is 30.3 Å². The zero-order valence-corrected chi connectivity index (χ0v) is 9.07. The molecule has 0 aromatic carbocycles. The van der Waals surface area contributed by atoms with Gasteiger partial charge in [-0.2, -0.15) is 5.10 Å². The number of hydrogen-bond donors (Lipinski definition) is 1. The zero-order chi connectivity index (χ0) is 9.26. The topological polar surface area (TPSA) is 43.8 Å². The van der Waals surface area contributed by atoms with Gasteiger partial charge in [0.25, 0.3) is 0 Å². The van der Waals surface area contributed by atoms with Gasteiger partial charge in [0.2, 0.25) is 0 Å². The minimum Gasteiger partial charge on any atom is -0.328 e. The monoisotopic (exact) mass is 243 g/mol. The Bertz CT molecular complexity index is 276. The van der Waals surface area contributed by atoms with E-state index >= 15 is 0 Å². The summed E-state index contributed by atoms with van der Waals surface area (Å²) in [5.74, 6) is 0.